The van der Waals surface area contributed by atoms with Crippen molar-refractivity contribution in [3.05, 3.63) is 58.8 Å². The van der Waals surface area contributed by atoms with Gasteiger partial charge in [-0.15, -0.1) is 0 Å². The first-order valence-electron chi connectivity index (χ1n) is 7.33. The van der Waals surface area contributed by atoms with Crippen molar-refractivity contribution in [3.63, 3.8) is 0 Å². The van der Waals surface area contributed by atoms with Gasteiger partial charge >= 0.3 is 6.16 Å². The third-order valence-electron chi connectivity index (χ3n) is 3.11. The van der Waals surface area contributed by atoms with E-state index in [0.717, 1.165) is 5.03 Å². The number of non-ortho nitro benzene ring substituents is 1. The fraction of sp³-hybridized carbons (Fsp3) is 0.250. The lowest BCUT2D eigenvalue weighted by Crippen LogP contribution is -2.25. The summed E-state index contributed by atoms with van der Waals surface area (Å²) in [6.45, 7) is 3.71. The van der Waals surface area contributed by atoms with Gasteiger partial charge in [-0.25, -0.2) is 9.78 Å². The molecule has 0 unspecified atom stereocenters. The van der Waals surface area contributed by atoms with Crippen molar-refractivity contribution in [2.24, 2.45) is 0 Å². The summed E-state index contributed by atoms with van der Waals surface area (Å²) < 4.78 is 10.3. The van der Waals surface area contributed by atoms with Crippen LogP contribution in [0.15, 0.2) is 53.7 Å². The van der Waals surface area contributed by atoms with Crippen LogP contribution in [0.2, 0.25) is 0 Å². The molecule has 0 bridgehead atoms. The number of hydrogen-bond donors (Lipinski definition) is 0. The topological polar surface area (TPSA) is 91.6 Å². The minimum absolute atomic E-state index is 0.0106. The number of nitrogens with zero attached hydrogens (tertiary/aromatic N) is 2. The molecule has 2 rings (SSSR count). The van der Waals surface area contributed by atoms with E-state index in [-0.39, 0.29) is 22.8 Å². The molecule has 0 radical (unpaired) electrons. The Kier molecular flexibility index (Phi) is 7.08. The molecule has 132 valence electrons. The zero-order valence-corrected chi connectivity index (χ0v) is 15.2. The largest absolute Gasteiger partial charge is 0.514 e. The summed E-state index contributed by atoms with van der Waals surface area (Å²) in [6, 6.07) is 10.9. The van der Waals surface area contributed by atoms with Crippen LogP contribution in [-0.4, -0.2) is 27.4 Å². The second-order valence-electron chi connectivity index (χ2n) is 4.98. The van der Waals surface area contributed by atoms with Crippen LogP contribution < -0.4 is 4.74 Å². The molecule has 25 heavy (non-hydrogen) atoms. The summed E-state index contributed by atoms with van der Waals surface area (Å²) >= 11 is 0. The zero-order chi connectivity index (χ0) is 18.2. The van der Waals surface area contributed by atoms with Gasteiger partial charge in [-0.2, -0.15) is 0 Å². The highest BCUT2D eigenvalue weighted by atomic mass is 33.1. The van der Waals surface area contributed by atoms with Crippen molar-refractivity contribution in [1.82, 2.24) is 4.98 Å². The molecule has 1 aromatic carbocycles. The summed E-state index contributed by atoms with van der Waals surface area (Å²) in [5.41, 5.74) is -0.0781. The number of ether oxygens (including phenoxy) is 2. The average molecular weight is 380 g/mol. The molecule has 0 aliphatic carbocycles. The minimum Gasteiger partial charge on any atom is -0.430 e. The molecule has 0 spiro atoms. The smallest absolute Gasteiger partial charge is 0.430 e. The lowest BCUT2D eigenvalue weighted by Gasteiger charge is -2.18. The molecular weight excluding hydrogens is 364 g/mol. The highest BCUT2D eigenvalue weighted by Gasteiger charge is 2.20. The second kappa shape index (κ2) is 9.28. The van der Waals surface area contributed by atoms with Gasteiger partial charge in [0.1, 0.15) is 16.9 Å². The van der Waals surface area contributed by atoms with E-state index in [1.54, 1.807) is 13.1 Å². The van der Waals surface area contributed by atoms with Crippen LogP contribution in [0, 0.1) is 10.1 Å². The van der Waals surface area contributed by atoms with E-state index in [1.807, 2.05) is 25.1 Å². The molecule has 0 fully saturated rings. The van der Waals surface area contributed by atoms with Crippen LogP contribution in [0.3, 0.4) is 0 Å². The van der Waals surface area contributed by atoms with E-state index in [1.165, 1.54) is 45.9 Å². The summed E-state index contributed by atoms with van der Waals surface area (Å²) in [5, 5.41) is 11.5. The normalized spacial score (nSPS) is 12.9. The van der Waals surface area contributed by atoms with E-state index in [0.29, 0.717) is 0 Å². The molecule has 0 saturated carbocycles. The third-order valence-corrected chi connectivity index (χ3v) is 6.02. The van der Waals surface area contributed by atoms with Crippen LogP contribution in [-0.2, 0) is 4.74 Å². The summed E-state index contributed by atoms with van der Waals surface area (Å²) in [6.07, 6.45) is 0.484. The Bertz CT molecular complexity index is 712. The predicted octanol–water partition coefficient (Wildman–Crippen LogP) is 4.72. The van der Waals surface area contributed by atoms with Crippen LogP contribution in [0.1, 0.15) is 13.8 Å². The second-order valence-corrected chi connectivity index (χ2v) is 7.58. The lowest BCUT2D eigenvalue weighted by atomic mass is 10.3. The van der Waals surface area contributed by atoms with Crippen molar-refractivity contribution >= 4 is 33.4 Å². The maximum Gasteiger partial charge on any atom is 0.514 e. The number of rotatable bonds is 7. The first-order chi connectivity index (χ1) is 12.0. The quantitative estimate of drug-likeness (QED) is 0.224. The summed E-state index contributed by atoms with van der Waals surface area (Å²) in [7, 11) is 3.04. The van der Waals surface area contributed by atoms with Crippen LogP contribution in [0.5, 0.6) is 5.75 Å². The Morgan fingerprint density at radius 1 is 1.20 bits per heavy atom. The lowest BCUT2D eigenvalue weighted by molar-refractivity contribution is -0.384. The van der Waals surface area contributed by atoms with E-state index < -0.39 is 11.1 Å². The van der Waals surface area contributed by atoms with Gasteiger partial charge in [0.05, 0.1) is 4.92 Å². The van der Waals surface area contributed by atoms with Crippen molar-refractivity contribution in [2.75, 3.05) is 0 Å². The zero-order valence-electron chi connectivity index (χ0n) is 13.5. The number of aromatic nitrogens is 1. The third kappa shape index (κ3) is 6.28. The first-order valence-corrected chi connectivity index (χ1v) is 9.54. The molecule has 1 aromatic heterocycles. The number of pyridine rings is 1. The number of benzene rings is 1. The van der Waals surface area contributed by atoms with Crippen molar-refractivity contribution in [1.29, 1.82) is 0 Å². The number of carbonyl (C=O) groups is 1. The summed E-state index contributed by atoms with van der Waals surface area (Å²) in [5.74, 6) is 0.186. The monoisotopic (exact) mass is 380 g/mol. The Morgan fingerprint density at radius 2 is 1.92 bits per heavy atom. The van der Waals surface area contributed by atoms with Crippen molar-refractivity contribution in [3.8, 4) is 5.75 Å². The first kappa shape index (κ1) is 19.1. The molecule has 0 saturated heterocycles. The van der Waals surface area contributed by atoms with Crippen molar-refractivity contribution in [2.45, 2.75) is 30.2 Å². The number of nitro benzene ring substituents is 1. The summed E-state index contributed by atoms with van der Waals surface area (Å²) in [4.78, 5) is 26.1. The van der Waals surface area contributed by atoms with Gasteiger partial charge in [-0.3, -0.25) is 10.1 Å². The van der Waals surface area contributed by atoms with Gasteiger partial charge in [-0.05, 0) is 48.9 Å². The van der Waals surface area contributed by atoms with Gasteiger partial charge in [0, 0.05) is 23.6 Å². The van der Waals surface area contributed by atoms with Gasteiger partial charge in [0.2, 0.25) is 0 Å². The van der Waals surface area contributed by atoms with Crippen molar-refractivity contribution < 1.29 is 19.2 Å². The molecule has 2 aromatic rings. The molecule has 1 heterocycles. The Balaban J connectivity index is 1.79. The molecule has 9 heteroatoms. The van der Waals surface area contributed by atoms with Crippen LogP contribution >= 0.6 is 21.6 Å². The van der Waals surface area contributed by atoms with Gasteiger partial charge in [-0.1, -0.05) is 16.9 Å². The molecule has 0 aliphatic heterocycles. The Labute approximate surface area is 152 Å². The highest BCUT2D eigenvalue weighted by Crippen LogP contribution is 2.34. The number of carbonyl (C=O) groups excluding carboxylic acids is 1. The number of nitro groups is 1. The van der Waals surface area contributed by atoms with Crippen LogP contribution in [0.25, 0.3) is 0 Å². The SMILES string of the molecule is C[C@H](OC(=O)Oc1ccc([N+](=O)[O-])cc1)[C@H](C)SSc1ccccn1. The van der Waals surface area contributed by atoms with E-state index in [4.69, 9.17) is 9.47 Å². The standard InChI is InChI=1S/C16H16N2O5S2/c1-11(12(2)24-25-15-5-3-4-10-17-15)22-16(19)23-14-8-6-13(7-9-14)18(20)21/h3-12H,1-2H3/t11-,12-/m0/s1. The van der Waals surface area contributed by atoms with Gasteiger partial charge in [0.15, 0.2) is 0 Å². The maximum atomic E-state index is 11.8. The van der Waals surface area contributed by atoms with E-state index in [2.05, 4.69) is 4.98 Å². The highest BCUT2D eigenvalue weighted by molar-refractivity contribution is 8.76. The van der Waals surface area contributed by atoms with E-state index in [9.17, 15) is 14.9 Å². The minimum atomic E-state index is -0.850. The molecular formula is C16H16N2O5S2. The fourth-order valence-electron chi connectivity index (χ4n) is 1.60. The van der Waals surface area contributed by atoms with Gasteiger partial charge < -0.3 is 9.47 Å². The maximum absolute atomic E-state index is 11.8. The van der Waals surface area contributed by atoms with E-state index >= 15 is 0 Å². The Hall–Kier alpha value is -2.26. The predicted molar refractivity (Wildman–Crippen MR) is 96.8 cm³/mol. The molecule has 2 atom stereocenters. The Morgan fingerprint density at radius 3 is 2.52 bits per heavy atom. The van der Waals surface area contributed by atoms with Crippen LogP contribution in [0.4, 0.5) is 10.5 Å². The average Bonchev–Trinajstić information content (AvgIpc) is 2.60. The fourth-order valence-corrected chi connectivity index (χ4v) is 3.82. The molecule has 0 N–H and O–H groups in total. The molecule has 0 aliphatic rings. The van der Waals surface area contributed by atoms with Gasteiger partial charge in [0.25, 0.3) is 5.69 Å². The number of hydrogen-bond acceptors (Lipinski definition) is 8. The molecule has 7 nitrogen and oxygen atoms in total. The molecule has 0 amide bonds.